The Kier molecular flexibility index (Phi) is 3.63. The first-order valence-corrected chi connectivity index (χ1v) is 7.87. The van der Waals surface area contributed by atoms with Crippen molar-refractivity contribution in [1.29, 1.82) is 0 Å². The van der Waals surface area contributed by atoms with Gasteiger partial charge >= 0.3 is 0 Å². The summed E-state index contributed by atoms with van der Waals surface area (Å²) in [6.07, 6.45) is 1.82. The SMILES string of the molecule is Cc1c(Br)ccc2c1C(=Cc1ccc(O)c(Br)c1)C(=O)N2. The quantitative estimate of drug-likeness (QED) is 0.670. The standard InChI is InChI=1S/C16H11Br2NO2/c1-8-11(17)3-4-13-15(8)10(16(21)19-13)6-9-2-5-14(20)12(18)7-9/h2-7,20H,1H3,(H,19,21). The Morgan fingerprint density at radius 2 is 1.90 bits per heavy atom. The molecule has 0 bridgehead atoms. The molecular formula is C16H11Br2NO2. The van der Waals surface area contributed by atoms with Crippen LogP contribution in [0, 0.1) is 6.92 Å². The lowest BCUT2D eigenvalue weighted by molar-refractivity contribution is -0.110. The molecule has 0 spiro atoms. The smallest absolute Gasteiger partial charge is 0.256 e. The van der Waals surface area contributed by atoms with Crippen LogP contribution in [-0.4, -0.2) is 11.0 Å². The van der Waals surface area contributed by atoms with Gasteiger partial charge in [0.2, 0.25) is 0 Å². The zero-order valence-corrected chi connectivity index (χ0v) is 14.2. The topological polar surface area (TPSA) is 49.3 Å². The van der Waals surface area contributed by atoms with E-state index in [1.54, 1.807) is 18.2 Å². The van der Waals surface area contributed by atoms with Crippen LogP contribution < -0.4 is 5.32 Å². The molecule has 1 aliphatic heterocycles. The van der Waals surface area contributed by atoms with Gasteiger partial charge in [0.1, 0.15) is 5.75 Å². The van der Waals surface area contributed by atoms with Gasteiger partial charge < -0.3 is 10.4 Å². The van der Waals surface area contributed by atoms with Crippen molar-refractivity contribution >= 4 is 55.1 Å². The molecule has 0 saturated heterocycles. The van der Waals surface area contributed by atoms with Gasteiger partial charge in [-0.15, -0.1) is 0 Å². The number of fused-ring (bicyclic) bond motifs is 1. The van der Waals surface area contributed by atoms with Crippen LogP contribution in [0.25, 0.3) is 11.6 Å². The Balaban J connectivity index is 2.16. The lowest BCUT2D eigenvalue weighted by Crippen LogP contribution is -2.03. The summed E-state index contributed by atoms with van der Waals surface area (Å²) >= 11 is 6.78. The van der Waals surface area contributed by atoms with Crippen LogP contribution in [0.15, 0.2) is 39.3 Å². The number of phenolic OH excluding ortho intramolecular Hbond substituents is 1. The van der Waals surface area contributed by atoms with E-state index in [1.165, 1.54) is 0 Å². The maximum Gasteiger partial charge on any atom is 0.256 e. The highest BCUT2D eigenvalue weighted by Crippen LogP contribution is 2.39. The first-order chi connectivity index (χ1) is 9.97. The number of amides is 1. The predicted octanol–water partition coefficient (Wildman–Crippen LogP) is 4.72. The van der Waals surface area contributed by atoms with E-state index in [0.717, 1.165) is 26.9 Å². The molecule has 3 rings (SSSR count). The first-order valence-electron chi connectivity index (χ1n) is 6.28. The zero-order valence-electron chi connectivity index (χ0n) is 11.1. The summed E-state index contributed by atoms with van der Waals surface area (Å²) in [6.45, 7) is 1.98. The van der Waals surface area contributed by atoms with E-state index in [9.17, 15) is 9.90 Å². The van der Waals surface area contributed by atoms with Crippen LogP contribution in [0.2, 0.25) is 0 Å². The second kappa shape index (κ2) is 5.31. The molecule has 2 aromatic rings. The monoisotopic (exact) mass is 407 g/mol. The summed E-state index contributed by atoms with van der Waals surface area (Å²) in [4.78, 5) is 12.2. The van der Waals surface area contributed by atoms with E-state index < -0.39 is 0 Å². The Hall–Kier alpha value is -1.59. The molecular weight excluding hydrogens is 398 g/mol. The van der Waals surface area contributed by atoms with E-state index in [0.29, 0.717) is 10.0 Å². The van der Waals surface area contributed by atoms with Gasteiger partial charge in [0.05, 0.1) is 4.47 Å². The maximum atomic E-state index is 12.2. The first kappa shape index (κ1) is 14.4. The molecule has 2 N–H and O–H groups in total. The van der Waals surface area contributed by atoms with Crippen molar-refractivity contribution in [2.45, 2.75) is 6.92 Å². The Bertz CT molecular complexity index is 797. The van der Waals surface area contributed by atoms with Crippen molar-refractivity contribution in [3.63, 3.8) is 0 Å². The number of halogens is 2. The minimum atomic E-state index is -0.115. The average molecular weight is 409 g/mol. The third-order valence-corrected chi connectivity index (χ3v) is 4.94. The van der Waals surface area contributed by atoms with Gasteiger partial charge in [0.15, 0.2) is 0 Å². The summed E-state index contributed by atoms with van der Waals surface area (Å²) in [5.74, 6) is 0.0581. The van der Waals surface area contributed by atoms with Gasteiger partial charge in [0, 0.05) is 21.3 Å². The van der Waals surface area contributed by atoms with Gasteiger partial charge in [0.25, 0.3) is 5.91 Å². The van der Waals surface area contributed by atoms with Crippen LogP contribution >= 0.6 is 31.9 Å². The molecule has 0 atom stereocenters. The largest absolute Gasteiger partial charge is 0.507 e. The number of phenols is 1. The fourth-order valence-corrected chi connectivity index (χ4v) is 3.08. The minimum Gasteiger partial charge on any atom is -0.507 e. The molecule has 106 valence electrons. The van der Waals surface area contributed by atoms with Gasteiger partial charge in [-0.1, -0.05) is 22.0 Å². The van der Waals surface area contributed by atoms with Gasteiger partial charge in [-0.3, -0.25) is 4.79 Å². The molecule has 1 aliphatic rings. The highest BCUT2D eigenvalue weighted by Gasteiger charge is 2.26. The van der Waals surface area contributed by atoms with Gasteiger partial charge in [-0.25, -0.2) is 0 Å². The van der Waals surface area contributed by atoms with Crippen LogP contribution in [0.5, 0.6) is 5.75 Å². The number of rotatable bonds is 1. The number of aromatic hydroxyl groups is 1. The summed E-state index contributed by atoms with van der Waals surface area (Å²) < 4.78 is 1.57. The molecule has 0 fully saturated rings. The number of hydrogen-bond donors (Lipinski definition) is 2. The van der Waals surface area contributed by atoms with Crippen LogP contribution in [-0.2, 0) is 4.79 Å². The maximum absolute atomic E-state index is 12.2. The number of anilines is 1. The highest BCUT2D eigenvalue weighted by atomic mass is 79.9. The molecule has 0 unspecified atom stereocenters. The van der Waals surface area contributed by atoms with Crippen molar-refractivity contribution in [3.05, 3.63) is 56.0 Å². The summed E-state index contributed by atoms with van der Waals surface area (Å²) in [7, 11) is 0. The number of carbonyl (C=O) groups excluding carboxylic acids is 1. The average Bonchev–Trinajstić information content (AvgIpc) is 2.76. The minimum absolute atomic E-state index is 0.115. The summed E-state index contributed by atoms with van der Waals surface area (Å²) in [6, 6.07) is 8.96. The Labute approximate surface area is 138 Å². The molecule has 0 saturated carbocycles. The van der Waals surface area contributed by atoms with Crippen LogP contribution in [0.1, 0.15) is 16.7 Å². The lowest BCUT2D eigenvalue weighted by atomic mass is 9.99. The normalized spacial score (nSPS) is 15.2. The van der Waals surface area contributed by atoms with Crippen molar-refractivity contribution in [3.8, 4) is 5.75 Å². The van der Waals surface area contributed by atoms with Crippen molar-refractivity contribution < 1.29 is 9.90 Å². The van der Waals surface area contributed by atoms with Crippen LogP contribution in [0.4, 0.5) is 5.69 Å². The van der Waals surface area contributed by atoms with Gasteiger partial charge in [-0.2, -0.15) is 0 Å². The van der Waals surface area contributed by atoms with E-state index in [2.05, 4.69) is 37.2 Å². The molecule has 1 amide bonds. The molecule has 21 heavy (non-hydrogen) atoms. The third kappa shape index (κ3) is 2.51. The molecule has 3 nitrogen and oxygen atoms in total. The molecule has 0 aliphatic carbocycles. The van der Waals surface area contributed by atoms with Crippen LogP contribution in [0.3, 0.4) is 0 Å². The summed E-state index contributed by atoms with van der Waals surface area (Å²) in [5.41, 5.74) is 4.23. The lowest BCUT2D eigenvalue weighted by Gasteiger charge is -2.06. The molecule has 2 aromatic carbocycles. The van der Waals surface area contributed by atoms with E-state index in [4.69, 9.17) is 0 Å². The van der Waals surface area contributed by atoms with E-state index in [1.807, 2.05) is 25.1 Å². The van der Waals surface area contributed by atoms with Crippen molar-refractivity contribution in [1.82, 2.24) is 0 Å². The van der Waals surface area contributed by atoms with Crippen molar-refractivity contribution in [2.75, 3.05) is 5.32 Å². The number of nitrogens with one attached hydrogen (secondary N) is 1. The Morgan fingerprint density at radius 3 is 2.62 bits per heavy atom. The zero-order chi connectivity index (χ0) is 15.1. The second-order valence-electron chi connectivity index (χ2n) is 4.82. The molecule has 5 heteroatoms. The molecule has 0 radical (unpaired) electrons. The predicted molar refractivity (Wildman–Crippen MR) is 91.2 cm³/mol. The number of carbonyl (C=O) groups is 1. The molecule has 0 aromatic heterocycles. The number of hydrogen-bond acceptors (Lipinski definition) is 2. The number of benzene rings is 2. The van der Waals surface area contributed by atoms with E-state index in [-0.39, 0.29) is 11.7 Å². The fourth-order valence-electron chi connectivity index (χ4n) is 2.36. The van der Waals surface area contributed by atoms with E-state index >= 15 is 0 Å². The van der Waals surface area contributed by atoms with Crippen molar-refractivity contribution in [2.24, 2.45) is 0 Å². The Morgan fingerprint density at radius 1 is 1.14 bits per heavy atom. The third-order valence-electron chi connectivity index (χ3n) is 3.44. The fraction of sp³-hybridized carbons (Fsp3) is 0.0625. The summed E-state index contributed by atoms with van der Waals surface area (Å²) in [5, 5.41) is 12.4. The molecule has 1 heterocycles. The van der Waals surface area contributed by atoms with Gasteiger partial charge in [-0.05, 0) is 64.3 Å². The highest BCUT2D eigenvalue weighted by molar-refractivity contribution is 9.10. The second-order valence-corrected chi connectivity index (χ2v) is 6.53.